The Labute approximate surface area is 398 Å². The maximum Gasteiger partial charge on any atom is 0.338 e. The number of aliphatic hydroxyl groups excluding tert-OH is 4. The standard InChI is InChI=1S/C53H82O14/c1-32(30-54)12-11-13-33(2)31-60-49(58)50(8,59)29-40-16-17-44(56)53(64-40)28-34(3)26-43(65-53)35(4)14-15-39-19-23-52(63-39)24-20-42-48(67-52)45(57)38(7)47(62-42)41(55)27-37(6)46-36(5)18-22-51(66-46)21-9-10-25-61-51/h13-15,28,35-37,39-48,54-57,59H,1,7,9-12,16-27,29-31H2,2-6,8H3/b15-14?,33-13+/t35-,36-,37+,39+,40+,41+,42-,43+,44-,45-,46+,47+,48-,50-,51+,52-,53-/m1/s1. The highest BCUT2D eigenvalue weighted by Crippen LogP contribution is 2.47. The molecule has 14 nitrogen and oxygen atoms in total. The second-order valence-corrected chi connectivity index (χ2v) is 21.6. The number of ether oxygens (including phenoxy) is 8. The molecule has 3 spiro atoms. The van der Waals surface area contributed by atoms with E-state index in [1.807, 2.05) is 32.1 Å². The molecular formula is C53H82O14. The fourth-order valence-corrected chi connectivity index (χ4v) is 11.5. The Hall–Kier alpha value is -2.31. The first-order chi connectivity index (χ1) is 31.8. The lowest BCUT2D eigenvalue weighted by atomic mass is 9.79. The first-order valence-electron chi connectivity index (χ1n) is 25.4. The number of carbonyl (C=O) groups excluding carboxylic acids is 1. The van der Waals surface area contributed by atoms with Crippen LogP contribution in [0.15, 0.2) is 59.8 Å². The van der Waals surface area contributed by atoms with Gasteiger partial charge in [-0.25, -0.2) is 4.79 Å². The van der Waals surface area contributed by atoms with Crippen molar-refractivity contribution >= 4 is 5.97 Å². The molecule has 0 bridgehead atoms. The van der Waals surface area contributed by atoms with Crippen LogP contribution in [0.5, 0.6) is 0 Å². The molecule has 0 aromatic carbocycles. The molecule has 378 valence electrons. The Morgan fingerprint density at radius 3 is 2.52 bits per heavy atom. The summed E-state index contributed by atoms with van der Waals surface area (Å²) >= 11 is 0. The minimum absolute atomic E-state index is 0.0300. The molecule has 0 aromatic rings. The summed E-state index contributed by atoms with van der Waals surface area (Å²) in [4.78, 5) is 13.1. The van der Waals surface area contributed by atoms with Crippen molar-refractivity contribution in [2.24, 2.45) is 17.8 Å². The molecule has 0 radical (unpaired) electrons. The normalized spacial score (nSPS) is 40.6. The molecule has 17 atom stereocenters. The Bertz CT molecular complexity index is 1820. The molecule has 7 aliphatic heterocycles. The van der Waals surface area contributed by atoms with E-state index in [0.29, 0.717) is 69.3 Å². The van der Waals surface area contributed by atoms with Gasteiger partial charge in [0.2, 0.25) is 5.79 Å². The van der Waals surface area contributed by atoms with Gasteiger partial charge in [-0.15, -0.1) is 0 Å². The van der Waals surface area contributed by atoms with Crippen LogP contribution in [0.2, 0.25) is 0 Å². The summed E-state index contributed by atoms with van der Waals surface area (Å²) in [6.45, 7) is 20.3. The second kappa shape index (κ2) is 22.0. The fourth-order valence-electron chi connectivity index (χ4n) is 11.5. The van der Waals surface area contributed by atoms with E-state index < -0.39 is 71.7 Å². The third kappa shape index (κ3) is 12.4. The lowest BCUT2D eigenvalue weighted by Gasteiger charge is -2.50. The van der Waals surface area contributed by atoms with Gasteiger partial charge in [0.15, 0.2) is 17.2 Å². The summed E-state index contributed by atoms with van der Waals surface area (Å²) in [6, 6.07) is 0. The predicted molar refractivity (Wildman–Crippen MR) is 250 cm³/mol. The highest BCUT2D eigenvalue weighted by atomic mass is 16.7. The van der Waals surface area contributed by atoms with Crippen LogP contribution in [-0.2, 0) is 42.7 Å². The van der Waals surface area contributed by atoms with Gasteiger partial charge in [-0.2, -0.15) is 0 Å². The summed E-state index contributed by atoms with van der Waals surface area (Å²) in [5.74, 6) is -3.30. The van der Waals surface area contributed by atoms with Gasteiger partial charge in [0.1, 0.15) is 31.0 Å². The van der Waals surface area contributed by atoms with E-state index in [4.69, 9.17) is 43.0 Å². The van der Waals surface area contributed by atoms with E-state index >= 15 is 0 Å². The molecule has 7 heterocycles. The zero-order chi connectivity index (χ0) is 48.3. The number of rotatable bonds is 16. The largest absolute Gasteiger partial charge is 0.459 e. The number of fused-ring (bicyclic) bond motifs is 1. The number of allylic oxidation sites excluding steroid dienone is 1. The van der Waals surface area contributed by atoms with Crippen molar-refractivity contribution in [3.05, 3.63) is 59.8 Å². The van der Waals surface area contributed by atoms with Crippen LogP contribution in [0.1, 0.15) is 144 Å². The number of carbonyl (C=O) groups is 1. The third-order valence-electron chi connectivity index (χ3n) is 15.6. The SMILES string of the molecule is C=C(CO)CC/C=C(\C)COC(=O)[C@](C)(O)C[C@@H]1CC[C@@H](O)[C@]2(C=C(C)C[C@@H]([C@H](C)C=C[C@H]3CC[C@@]4(CC[C@H]5O[C@H]([C@@H](O)C[C@H](C)[C@H]6O[C@@]7(CCCCO7)CC[C@H]6C)C(=C)[C@@H](O)[C@@H]5O4)O3)O2)O1. The van der Waals surface area contributed by atoms with Gasteiger partial charge in [0, 0.05) is 38.0 Å². The minimum Gasteiger partial charge on any atom is -0.459 e. The minimum atomic E-state index is -1.83. The molecular weight excluding hydrogens is 861 g/mol. The monoisotopic (exact) mass is 943 g/mol. The number of aliphatic hydroxyl groups is 5. The topological polar surface area (TPSA) is 192 Å². The lowest BCUT2D eigenvalue weighted by Crippen LogP contribution is -2.60. The van der Waals surface area contributed by atoms with Crippen molar-refractivity contribution < 1.29 is 68.2 Å². The first kappa shape index (κ1) is 52.5. The van der Waals surface area contributed by atoms with Gasteiger partial charge >= 0.3 is 5.97 Å². The summed E-state index contributed by atoms with van der Waals surface area (Å²) in [5.41, 5.74) is 1.14. The van der Waals surface area contributed by atoms with Crippen LogP contribution in [0.3, 0.4) is 0 Å². The molecule has 6 saturated heterocycles. The zero-order valence-electron chi connectivity index (χ0n) is 41.1. The van der Waals surface area contributed by atoms with Gasteiger partial charge in [0.05, 0.1) is 49.8 Å². The van der Waals surface area contributed by atoms with Gasteiger partial charge in [-0.3, -0.25) is 0 Å². The van der Waals surface area contributed by atoms with Crippen LogP contribution < -0.4 is 0 Å². The highest BCUT2D eigenvalue weighted by Gasteiger charge is 2.55. The van der Waals surface area contributed by atoms with Gasteiger partial charge < -0.3 is 63.4 Å². The van der Waals surface area contributed by atoms with Gasteiger partial charge in [-0.1, -0.05) is 63.3 Å². The molecule has 67 heavy (non-hydrogen) atoms. The van der Waals surface area contributed by atoms with Gasteiger partial charge in [0.25, 0.3) is 0 Å². The average Bonchev–Trinajstić information content (AvgIpc) is 3.69. The van der Waals surface area contributed by atoms with Crippen LogP contribution in [0, 0.1) is 17.8 Å². The average molecular weight is 943 g/mol. The molecule has 6 fully saturated rings. The van der Waals surface area contributed by atoms with Crippen LogP contribution >= 0.6 is 0 Å². The molecule has 0 aliphatic carbocycles. The maximum absolute atomic E-state index is 13.1. The van der Waals surface area contributed by atoms with E-state index in [2.05, 4.69) is 40.0 Å². The van der Waals surface area contributed by atoms with Crippen molar-refractivity contribution in [1.82, 2.24) is 0 Å². The predicted octanol–water partition coefficient (Wildman–Crippen LogP) is 6.95. The maximum atomic E-state index is 13.1. The summed E-state index contributed by atoms with van der Waals surface area (Å²) in [7, 11) is 0. The lowest BCUT2D eigenvalue weighted by molar-refractivity contribution is -0.321. The fraction of sp³-hybridized carbons (Fsp3) is 0.792. The molecule has 14 heteroatoms. The Morgan fingerprint density at radius 1 is 1.01 bits per heavy atom. The van der Waals surface area contributed by atoms with Crippen LogP contribution in [0.25, 0.3) is 0 Å². The molecule has 0 amide bonds. The Morgan fingerprint density at radius 2 is 1.78 bits per heavy atom. The number of hydrogen-bond donors (Lipinski definition) is 5. The first-order valence-corrected chi connectivity index (χ1v) is 25.4. The van der Waals surface area contributed by atoms with E-state index in [0.717, 1.165) is 61.9 Å². The van der Waals surface area contributed by atoms with Gasteiger partial charge in [-0.05, 0) is 120 Å². The van der Waals surface area contributed by atoms with Crippen molar-refractivity contribution in [3.8, 4) is 0 Å². The van der Waals surface area contributed by atoms with E-state index in [9.17, 15) is 25.2 Å². The summed E-state index contributed by atoms with van der Waals surface area (Å²) < 4.78 is 51.2. The summed E-state index contributed by atoms with van der Waals surface area (Å²) in [5, 5.41) is 55.0. The zero-order valence-corrected chi connectivity index (χ0v) is 41.1. The van der Waals surface area contributed by atoms with Crippen molar-refractivity contribution in [1.29, 1.82) is 0 Å². The number of esters is 1. The van der Waals surface area contributed by atoms with Crippen molar-refractivity contribution in [3.63, 3.8) is 0 Å². The Balaban J connectivity index is 0.891. The molecule has 7 rings (SSSR count). The quantitative estimate of drug-likeness (QED) is 0.0789. The van der Waals surface area contributed by atoms with E-state index in [1.54, 1.807) is 0 Å². The molecule has 0 saturated carbocycles. The van der Waals surface area contributed by atoms with E-state index in [1.165, 1.54) is 6.92 Å². The summed E-state index contributed by atoms with van der Waals surface area (Å²) in [6.07, 6.45) is 12.7. The second-order valence-electron chi connectivity index (χ2n) is 21.6. The van der Waals surface area contributed by atoms with Crippen LogP contribution in [0.4, 0.5) is 0 Å². The van der Waals surface area contributed by atoms with Crippen LogP contribution in [-0.4, -0.2) is 135 Å². The highest BCUT2D eigenvalue weighted by molar-refractivity contribution is 5.78. The number of hydrogen-bond acceptors (Lipinski definition) is 14. The third-order valence-corrected chi connectivity index (χ3v) is 15.6. The Kier molecular flexibility index (Phi) is 17.2. The van der Waals surface area contributed by atoms with Crippen molar-refractivity contribution in [2.75, 3.05) is 19.8 Å². The molecule has 7 aliphatic rings. The van der Waals surface area contributed by atoms with E-state index in [-0.39, 0.29) is 49.8 Å². The van der Waals surface area contributed by atoms with Crippen molar-refractivity contribution in [2.45, 2.75) is 228 Å². The molecule has 0 unspecified atom stereocenters. The molecule has 0 aromatic heterocycles. The molecule has 5 N–H and O–H groups in total. The smallest absolute Gasteiger partial charge is 0.338 e.